The molecule has 18 heavy (non-hydrogen) atoms. The molecule has 96 valence electrons. The highest BCUT2D eigenvalue weighted by molar-refractivity contribution is 5.94. The molecule has 0 aromatic heterocycles. The molecule has 0 aliphatic carbocycles. The summed E-state index contributed by atoms with van der Waals surface area (Å²) in [4.78, 5) is 21.4. The number of ether oxygens (including phenoxy) is 1. The number of carbonyl (C=O) groups excluding carboxylic acids is 1. The van der Waals surface area contributed by atoms with Crippen LogP contribution >= 0.6 is 0 Å². The van der Waals surface area contributed by atoms with Gasteiger partial charge in [-0.25, -0.2) is 0 Å². The third-order valence-corrected chi connectivity index (χ3v) is 2.51. The van der Waals surface area contributed by atoms with E-state index in [4.69, 9.17) is 4.74 Å². The summed E-state index contributed by atoms with van der Waals surface area (Å²) in [5, 5.41) is 20.8. The molecule has 0 amide bonds. The maximum absolute atomic E-state index is 11.1. The zero-order valence-corrected chi connectivity index (χ0v) is 10.0. The minimum absolute atomic E-state index is 0.0148. The Hall–Kier alpha value is -2.21. The Kier molecular flexibility index (Phi) is 4.17. The molecule has 6 nitrogen and oxygen atoms in total. The van der Waals surface area contributed by atoms with Crippen LogP contribution in [-0.4, -0.2) is 22.9 Å². The van der Waals surface area contributed by atoms with Gasteiger partial charge in [-0.3, -0.25) is 14.9 Å². The standard InChI is InChI=1S/C12H13NO5/c1-7(8(2)14)12(15)10-5-4-9(18-3)6-11(10)13(16)17/h4-6,12,15H,1H2,2-3H3/t12-/m0/s1. The zero-order chi connectivity index (χ0) is 13.9. The molecule has 1 rings (SSSR count). The van der Waals surface area contributed by atoms with E-state index in [9.17, 15) is 20.0 Å². The zero-order valence-electron chi connectivity index (χ0n) is 10.0. The fourth-order valence-corrected chi connectivity index (χ4v) is 1.42. The van der Waals surface area contributed by atoms with E-state index >= 15 is 0 Å². The van der Waals surface area contributed by atoms with Crippen molar-refractivity contribution in [3.63, 3.8) is 0 Å². The SMILES string of the molecule is C=C(C(C)=O)[C@H](O)c1ccc(OC)cc1[N+](=O)[O-]. The number of aliphatic hydroxyl groups excluding tert-OH is 1. The summed E-state index contributed by atoms with van der Waals surface area (Å²) in [6.07, 6.45) is -1.39. The lowest BCUT2D eigenvalue weighted by atomic mass is 9.98. The Balaban J connectivity index is 3.27. The summed E-state index contributed by atoms with van der Waals surface area (Å²) >= 11 is 0. The van der Waals surface area contributed by atoms with Crippen molar-refractivity contribution in [1.29, 1.82) is 0 Å². The minimum atomic E-state index is -1.39. The topological polar surface area (TPSA) is 89.7 Å². The van der Waals surface area contributed by atoms with Crippen LogP contribution in [0, 0.1) is 10.1 Å². The van der Waals surface area contributed by atoms with Crippen LogP contribution in [0.1, 0.15) is 18.6 Å². The molecule has 1 aromatic rings. The number of methoxy groups -OCH3 is 1. The van der Waals surface area contributed by atoms with E-state index in [1.54, 1.807) is 0 Å². The van der Waals surface area contributed by atoms with Crippen molar-refractivity contribution in [3.8, 4) is 5.75 Å². The third kappa shape index (κ3) is 2.72. The molecular weight excluding hydrogens is 238 g/mol. The van der Waals surface area contributed by atoms with Crippen LogP contribution in [0.2, 0.25) is 0 Å². The highest BCUT2D eigenvalue weighted by Crippen LogP contribution is 2.32. The number of nitro groups is 1. The highest BCUT2D eigenvalue weighted by atomic mass is 16.6. The van der Waals surface area contributed by atoms with Gasteiger partial charge in [0.25, 0.3) is 5.69 Å². The van der Waals surface area contributed by atoms with Gasteiger partial charge in [-0.2, -0.15) is 0 Å². The van der Waals surface area contributed by atoms with E-state index in [1.807, 2.05) is 0 Å². The molecule has 0 fully saturated rings. The minimum Gasteiger partial charge on any atom is -0.497 e. The molecule has 0 saturated carbocycles. The first-order valence-corrected chi connectivity index (χ1v) is 5.08. The van der Waals surface area contributed by atoms with Crippen molar-refractivity contribution in [2.75, 3.05) is 7.11 Å². The molecule has 1 N–H and O–H groups in total. The molecule has 0 saturated heterocycles. The molecule has 0 radical (unpaired) electrons. The number of ketones is 1. The van der Waals surface area contributed by atoms with E-state index in [1.165, 1.54) is 32.2 Å². The van der Waals surface area contributed by atoms with Gasteiger partial charge < -0.3 is 9.84 Å². The van der Waals surface area contributed by atoms with E-state index in [0.717, 1.165) is 0 Å². The summed E-state index contributed by atoms with van der Waals surface area (Å²) in [6, 6.07) is 4.00. The van der Waals surface area contributed by atoms with Gasteiger partial charge in [0.15, 0.2) is 5.78 Å². The molecule has 0 spiro atoms. The Bertz CT molecular complexity index is 509. The third-order valence-electron chi connectivity index (χ3n) is 2.51. The largest absolute Gasteiger partial charge is 0.497 e. The molecule has 0 aliphatic heterocycles. The number of carbonyl (C=O) groups is 1. The second-order valence-electron chi connectivity index (χ2n) is 3.67. The number of aliphatic hydroxyl groups is 1. The van der Waals surface area contributed by atoms with Crippen molar-refractivity contribution in [2.45, 2.75) is 13.0 Å². The van der Waals surface area contributed by atoms with Gasteiger partial charge in [-0.05, 0) is 19.1 Å². The van der Waals surface area contributed by atoms with Crippen molar-refractivity contribution in [3.05, 3.63) is 46.0 Å². The molecule has 1 atom stereocenters. The number of Topliss-reactive ketones (excluding diaryl/α,β-unsaturated/α-hetero) is 1. The first kappa shape index (κ1) is 13.9. The number of nitro benzene ring substituents is 1. The van der Waals surface area contributed by atoms with E-state index in [-0.39, 0.29) is 16.8 Å². The Morgan fingerprint density at radius 2 is 2.17 bits per heavy atom. The monoisotopic (exact) mass is 251 g/mol. The van der Waals surface area contributed by atoms with Crippen LogP contribution < -0.4 is 4.74 Å². The quantitative estimate of drug-likeness (QED) is 0.489. The average molecular weight is 251 g/mol. The van der Waals surface area contributed by atoms with Crippen molar-refractivity contribution < 1.29 is 19.6 Å². The summed E-state index contributed by atoms with van der Waals surface area (Å²) in [5.74, 6) is -0.126. The maximum atomic E-state index is 11.1. The highest BCUT2D eigenvalue weighted by Gasteiger charge is 2.24. The van der Waals surface area contributed by atoms with Gasteiger partial charge >= 0.3 is 0 Å². The Morgan fingerprint density at radius 3 is 2.61 bits per heavy atom. The number of rotatable bonds is 5. The predicted molar refractivity (Wildman–Crippen MR) is 64.4 cm³/mol. The maximum Gasteiger partial charge on any atom is 0.279 e. The lowest BCUT2D eigenvalue weighted by molar-refractivity contribution is -0.386. The Labute approximate surface area is 104 Å². The normalized spacial score (nSPS) is 11.7. The first-order chi connectivity index (χ1) is 8.38. The van der Waals surface area contributed by atoms with E-state index in [0.29, 0.717) is 5.75 Å². The molecule has 0 aliphatic rings. The van der Waals surface area contributed by atoms with Gasteiger partial charge in [0.1, 0.15) is 11.9 Å². The first-order valence-electron chi connectivity index (χ1n) is 5.08. The molecule has 1 aromatic carbocycles. The molecule has 6 heteroatoms. The summed E-state index contributed by atoms with van der Waals surface area (Å²) in [6.45, 7) is 4.66. The fourth-order valence-electron chi connectivity index (χ4n) is 1.42. The second kappa shape index (κ2) is 5.42. The van der Waals surface area contributed by atoms with Gasteiger partial charge in [0.2, 0.25) is 0 Å². The lowest BCUT2D eigenvalue weighted by Gasteiger charge is -2.12. The number of nitrogens with zero attached hydrogens (tertiary/aromatic N) is 1. The fraction of sp³-hybridized carbons (Fsp3) is 0.250. The van der Waals surface area contributed by atoms with Gasteiger partial charge in [0, 0.05) is 5.57 Å². The summed E-state index contributed by atoms with van der Waals surface area (Å²) in [7, 11) is 1.38. The number of hydrogen-bond donors (Lipinski definition) is 1. The van der Waals surface area contributed by atoms with E-state index < -0.39 is 16.8 Å². The Morgan fingerprint density at radius 1 is 1.56 bits per heavy atom. The van der Waals surface area contributed by atoms with Crippen LogP contribution in [0.4, 0.5) is 5.69 Å². The molecular formula is C12H13NO5. The lowest BCUT2D eigenvalue weighted by Crippen LogP contribution is -2.09. The van der Waals surface area contributed by atoms with Gasteiger partial charge in [0.05, 0.1) is 23.7 Å². The number of benzene rings is 1. The smallest absolute Gasteiger partial charge is 0.279 e. The van der Waals surface area contributed by atoms with Crippen LogP contribution in [0.5, 0.6) is 5.75 Å². The molecule has 0 bridgehead atoms. The summed E-state index contributed by atoms with van der Waals surface area (Å²) in [5.41, 5.74) is -0.395. The molecule has 0 heterocycles. The van der Waals surface area contributed by atoms with Gasteiger partial charge in [-0.1, -0.05) is 6.58 Å². The van der Waals surface area contributed by atoms with Crippen molar-refractivity contribution in [2.24, 2.45) is 0 Å². The van der Waals surface area contributed by atoms with Crippen LogP contribution in [-0.2, 0) is 4.79 Å². The average Bonchev–Trinajstić information content (AvgIpc) is 2.35. The van der Waals surface area contributed by atoms with Crippen molar-refractivity contribution in [1.82, 2.24) is 0 Å². The molecule has 0 unspecified atom stereocenters. The number of hydrogen-bond acceptors (Lipinski definition) is 5. The van der Waals surface area contributed by atoms with Crippen molar-refractivity contribution >= 4 is 11.5 Å². The van der Waals surface area contributed by atoms with Crippen LogP contribution in [0.3, 0.4) is 0 Å². The second-order valence-corrected chi connectivity index (χ2v) is 3.67. The van der Waals surface area contributed by atoms with Gasteiger partial charge in [-0.15, -0.1) is 0 Å². The van der Waals surface area contributed by atoms with E-state index in [2.05, 4.69) is 6.58 Å². The summed E-state index contributed by atoms with van der Waals surface area (Å²) < 4.78 is 4.87. The van der Waals surface area contributed by atoms with Crippen LogP contribution in [0.15, 0.2) is 30.4 Å². The predicted octanol–water partition coefficient (Wildman–Crippen LogP) is 1.78. The van der Waals surface area contributed by atoms with Crippen LogP contribution in [0.25, 0.3) is 0 Å².